The van der Waals surface area contributed by atoms with Gasteiger partial charge in [-0.05, 0) is 0 Å². The second kappa shape index (κ2) is 7.73. The molecule has 0 heterocycles. The Morgan fingerprint density at radius 2 is 2.00 bits per heavy atom. The van der Waals surface area contributed by atoms with E-state index in [9.17, 15) is 9.59 Å². The van der Waals surface area contributed by atoms with Crippen molar-refractivity contribution in [1.82, 2.24) is 4.90 Å². The molecule has 0 fully saturated rings. The monoisotopic (exact) mass is 216 g/mol. The minimum atomic E-state index is -1.08. The van der Waals surface area contributed by atoms with Crippen molar-refractivity contribution in [1.29, 1.82) is 5.26 Å². The first-order valence-electron chi connectivity index (χ1n) is 4.17. The molecule has 0 aliphatic carbocycles. The van der Waals surface area contributed by atoms with Crippen LogP contribution in [0.1, 0.15) is 0 Å². The summed E-state index contributed by atoms with van der Waals surface area (Å²) in [4.78, 5) is 21.8. The smallest absolute Gasteiger partial charge is 0.329 e. The van der Waals surface area contributed by atoms with Crippen LogP contribution in [-0.4, -0.2) is 59.9 Å². The molecule has 2 N–H and O–H groups in total. The van der Waals surface area contributed by atoms with Gasteiger partial charge in [-0.2, -0.15) is 5.26 Å². The number of aliphatic carboxylic acids is 2. The zero-order valence-corrected chi connectivity index (χ0v) is 8.05. The van der Waals surface area contributed by atoms with Gasteiger partial charge in [0.25, 0.3) is 0 Å². The zero-order chi connectivity index (χ0) is 11.7. The first-order valence-corrected chi connectivity index (χ1v) is 4.17. The summed E-state index contributed by atoms with van der Waals surface area (Å²) in [6, 6.07) is 1.81. The average molecular weight is 216 g/mol. The van der Waals surface area contributed by atoms with Gasteiger partial charge in [-0.25, -0.2) is 4.79 Å². The summed E-state index contributed by atoms with van der Waals surface area (Å²) in [5, 5.41) is 25.1. The van der Waals surface area contributed by atoms with Gasteiger partial charge in [0.2, 0.25) is 0 Å². The van der Waals surface area contributed by atoms with Crippen LogP contribution in [-0.2, 0) is 14.3 Å². The maximum absolute atomic E-state index is 10.3. The number of carboxylic acid groups (broad SMARTS) is 2. The Kier molecular flexibility index (Phi) is 6.88. The summed E-state index contributed by atoms with van der Waals surface area (Å²) in [5.74, 6) is -2.12. The fourth-order valence-corrected chi connectivity index (χ4v) is 0.858. The zero-order valence-electron chi connectivity index (χ0n) is 8.05. The predicted octanol–water partition coefficient (Wildman–Crippen LogP) is -1.00. The van der Waals surface area contributed by atoms with Gasteiger partial charge in [0.15, 0.2) is 0 Å². The Balaban J connectivity index is 3.71. The lowest BCUT2D eigenvalue weighted by Crippen LogP contribution is -2.33. The summed E-state index contributed by atoms with van der Waals surface area (Å²) in [6.45, 7) is -0.408. The van der Waals surface area contributed by atoms with Crippen LogP contribution in [0.4, 0.5) is 0 Å². The Labute approximate surface area is 86.5 Å². The van der Waals surface area contributed by atoms with E-state index in [1.165, 1.54) is 4.90 Å². The lowest BCUT2D eigenvalue weighted by atomic mass is 10.4. The van der Waals surface area contributed by atoms with Gasteiger partial charge in [0.05, 0.1) is 25.8 Å². The second-order valence-corrected chi connectivity index (χ2v) is 2.71. The standard InChI is InChI=1S/C8H12N2O5/c9-1-2-10(5-7(11)12)3-4-15-6-8(13)14/h2-6H2,(H,11,12)(H,13,14). The first-order chi connectivity index (χ1) is 7.06. The van der Waals surface area contributed by atoms with E-state index in [-0.39, 0.29) is 26.2 Å². The summed E-state index contributed by atoms with van der Waals surface area (Å²) < 4.78 is 4.71. The topological polar surface area (TPSA) is 111 Å². The molecule has 0 aliphatic heterocycles. The normalized spacial score (nSPS) is 9.87. The van der Waals surface area contributed by atoms with Gasteiger partial charge in [-0.1, -0.05) is 0 Å². The third-order valence-electron chi connectivity index (χ3n) is 1.43. The minimum absolute atomic E-state index is 0.0251. The molecule has 0 radical (unpaired) electrons. The lowest BCUT2D eigenvalue weighted by Gasteiger charge is -2.15. The maximum Gasteiger partial charge on any atom is 0.329 e. The molecule has 0 rings (SSSR count). The second-order valence-electron chi connectivity index (χ2n) is 2.71. The van der Waals surface area contributed by atoms with Gasteiger partial charge in [-0.15, -0.1) is 0 Å². The molecule has 0 saturated carbocycles. The largest absolute Gasteiger partial charge is 0.480 e. The first kappa shape index (κ1) is 13.4. The molecule has 15 heavy (non-hydrogen) atoms. The SMILES string of the molecule is N#CCN(CCOCC(=O)O)CC(=O)O. The van der Waals surface area contributed by atoms with Crippen LogP contribution in [0.15, 0.2) is 0 Å². The highest BCUT2D eigenvalue weighted by Crippen LogP contribution is 1.88. The fraction of sp³-hybridized carbons (Fsp3) is 0.625. The van der Waals surface area contributed by atoms with Gasteiger partial charge in [0.1, 0.15) is 6.61 Å². The van der Waals surface area contributed by atoms with Gasteiger partial charge in [-0.3, -0.25) is 9.69 Å². The van der Waals surface area contributed by atoms with Gasteiger partial charge in [0, 0.05) is 6.54 Å². The van der Waals surface area contributed by atoms with Crippen LogP contribution in [0, 0.1) is 11.3 Å². The molecule has 0 atom stereocenters. The highest BCUT2D eigenvalue weighted by atomic mass is 16.5. The number of hydrogen-bond donors (Lipinski definition) is 2. The molecule has 7 heteroatoms. The van der Waals surface area contributed by atoms with E-state index in [0.717, 1.165) is 0 Å². The van der Waals surface area contributed by atoms with Crippen LogP contribution in [0.2, 0.25) is 0 Å². The summed E-state index contributed by atoms with van der Waals surface area (Å²) >= 11 is 0. The fourth-order valence-electron chi connectivity index (χ4n) is 0.858. The van der Waals surface area contributed by atoms with Crippen LogP contribution < -0.4 is 0 Å². The van der Waals surface area contributed by atoms with Crippen molar-refractivity contribution in [2.24, 2.45) is 0 Å². The molecule has 0 spiro atoms. The molecule has 0 aromatic carbocycles. The predicted molar refractivity (Wildman–Crippen MR) is 48.1 cm³/mol. The van der Waals surface area contributed by atoms with Crippen molar-refractivity contribution in [2.45, 2.75) is 0 Å². The van der Waals surface area contributed by atoms with Crippen LogP contribution in [0.25, 0.3) is 0 Å². The highest BCUT2D eigenvalue weighted by Gasteiger charge is 2.08. The number of rotatable bonds is 8. The van der Waals surface area contributed by atoms with Gasteiger partial charge >= 0.3 is 11.9 Å². The molecule has 0 saturated heterocycles. The van der Waals surface area contributed by atoms with E-state index in [4.69, 9.17) is 20.2 Å². The molecule has 0 bridgehead atoms. The van der Waals surface area contributed by atoms with Gasteiger partial charge < -0.3 is 14.9 Å². The van der Waals surface area contributed by atoms with E-state index >= 15 is 0 Å². The molecular formula is C8H12N2O5. The molecule has 0 aromatic heterocycles. The van der Waals surface area contributed by atoms with E-state index in [1.54, 1.807) is 0 Å². The Morgan fingerprint density at radius 1 is 1.33 bits per heavy atom. The molecular weight excluding hydrogens is 204 g/mol. The van der Waals surface area contributed by atoms with E-state index < -0.39 is 18.5 Å². The van der Waals surface area contributed by atoms with Crippen LogP contribution in [0.5, 0.6) is 0 Å². The van der Waals surface area contributed by atoms with Crippen molar-refractivity contribution in [2.75, 3.05) is 32.8 Å². The Morgan fingerprint density at radius 3 is 2.47 bits per heavy atom. The quantitative estimate of drug-likeness (QED) is 0.395. The molecule has 0 unspecified atom stereocenters. The number of nitriles is 1. The van der Waals surface area contributed by atoms with Crippen LogP contribution >= 0.6 is 0 Å². The number of hydrogen-bond acceptors (Lipinski definition) is 5. The average Bonchev–Trinajstić information content (AvgIpc) is 2.11. The number of carbonyl (C=O) groups is 2. The van der Waals surface area contributed by atoms with Crippen molar-refractivity contribution in [3.05, 3.63) is 0 Å². The van der Waals surface area contributed by atoms with E-state index in [2.05, 4.69) is 0 Å². The molecule has 0 aromatic rings. The molecule has 0 aliphatic rings. The maximum atomic E-state index is 10.3. The Hall–Kier alpha value is -1.65. The number of nitrogens with zero attached hydrogens (tertiary/aromatic N) is 2. The number of ether oxygens (including phenoxy) is 1. The summed E-state index contributed by atoms with van der Waals surface area (Å²) in [7, 11) is 0. The molecule has 7 nitrogen and oxygen atoms in total. The van der Waals surface area contributed by atoms with Crippen molar-refractivity contribution >= 4 is 11.9 Å². The highest BCUT2D eigenvalue weighted by molar-refractivity contribution is 5.69. The van der Waals surface area contributed by atoms with Crippen molar-refractivity contribution in [3.8, 4) is 6.07 Å². The lowest BCUT2D eigenvalue weighted by molar-refractivity contribution is -0.143. The minimum Gasteiger partial charge on any atom is -0.480 e. The van der Waals surface area contributed by atoms with Crippen molar-refractivity contribution < 1.29 is 24.5 Å². The van der Waals surface area contributed by atoms with Crippen LogP contribution in [0.3, 0.4) is 0 Å². The third-order valence-corrected chi connectivity index (χ3v) is 1.43. The van der Waals surface area contributed by atoms with E-state index in [1.807, 2.05) is 6.07 Å². The van der Waals surface area contributed by atoms with Crippen molar-refractivity contribution in [3.63, 3.8) is 0 Å². The Bertz CT molecular complexity index is 260. The summed E-state index contributed by atoms with van der Waals surface area (Å²) in [6.07, 6.45) is 0. The third kappa shape index (κ3) is 8.67. The number of carboxylic acids is 2. The van der Waals surface area contributed by atoms with E-state index in [0.29, 0.717) is 0 Å². The summed E-state index contributed by atoms with van der Waals surface area (Å²) in [5.41, 5.74) is 0. The molecule has 0 amide bonds. The molecule has 84 valence electrons.